The van der Waals surface area contributed by atoms with Crippen molar-refractivity contribution in [1.29, 1.82) is 0 Å². The summed E-state index contributed by atoms with van der Waals surface area (Å²) in [5, 5.41) is 3.24. The Hall–Kier alpha value is -1.72. The first-order chi connectivity index (χ1) is 9.76. The number of rotatable bonds is 9. The molecule has 5 nitrogen and oxygen atoms in total. The van der Waals surface area contributed by atoms with E-state index in [4.69, 9.17) is 18.9 Å². The zero-order valence-corrected chi connectivity index (χ0v) is 12.6. The maximum absolute atomic E-state index is 5.36. The largest absolute Gasteiger partial charge is 0.496 e. The minimum absolute atomic E-state index is 0.653. The van der Waals surface area contributed by atoms with E-state index in [2.05, 4.69) is 5.32 Å². The summed E-state index contributed by atoms with van der Waals surface area (Å²) in [5.41, 5.74) is 0.943. The van der Waals surface area contributed by atoms with Gasteiger partial charge >= 0.3 is 0 Å². The molecule has 0 saturated heterocycles. The zero-order valence-electron chi connectivity index (χ0n) is 12.6. The summed E-state index contributed by atoms with van der Waals surface area (Å²) in [4.78, 5) is 0. The van der Waals surface area contributed by atoms with Crippen LogP contribution in [0.5, 0.6) is 17.2 Å². The van der Waals surface area contributed by atoms with E-state index in [0.29, 0.717) is 18.1 Å². The topological polar surface area (TPSA) is 49.0 Å². The third kappa shape index (κ3) is 4.75. The van der Waals surface area contributed by atoms with Gasteiger partial charge in [0.15, 0.2) is 11.5 Å². The van der Waals surface area contributed by atoms with Gasteiger partial charge in [-0.15, -0.1) is 0 Å². The lowest BCUT2D eigenvalue weighted by molar-refractivity contribution is 0.200. The highest BCUT2D eigenvalue weighted by molar-refractivity contribution is 5.63. The number of benzene rings is 1. The molecule has 0 spiro atoms. The molecule has 0 bridgehead atoms. The lowest BCUT2D eigenvalue weighted by Gasteiger charge is -2.12. The molecule has 5 heteroatoms. The normalized spacial score (nSPS) is 10.8. The van der Waals surface area contributed by atoms with Crippen LogP contribution >= 0.6 is 0 Å². The Bertz CT molecular complexity index is 432. The van der Waals surface area contributed by atoms with Crippen molar-refractivity contribution in [1.82, 2.24) is 5.32 Å². The van der Waals surface area contributed by atoms with E-state index in [-0.39, 0.29) is 0 Å². The summed E-state index contributed by atoms with van der Waals surface area (Å²) >= 11 is 0. The predicted molar refractivity (Wildman–Crippen MR) is 79.9 cm³/mol. The Morgan fingerprint density at radius 2 is 1.60 bits per heavy atom. The molecule has 0 amide bonds. The first-order valence-electron chi connectivity index (χ1n) is 6.43. The van der Waals surface area contributed by atoms with E-state index >= 15 is 0 Å². The van der Waals surface area contributed by atoms with Gasteiger partial charge in [0.1, 0.15) is 5.75 Å². The lowest BCUT2D eigenvalue weighted by Crippen LogP contribution is -2.18. The number of hydrogen-bond donors (Lipinski definition) is 1. The summed E-state index contributed by atoms with van der Waals surface area (Å²) in [6, 6.07) is 3.71. The molecule has 0 aromatic heterocycles. The van der Waals surface area contributed by atoms with Gasteiger partial charge < -0.3 is 24.3 Å². The van der Waals surface area contributed by atoms with Gasteiger partial charge in [-0.25, -0.2) is 0 Å². The lowest BCUT2D eigenvalue weighted by atomic mass is 10.1. The summed E-state index contributed by atoms with van der Waals surface area (Å²) < 4.78 is 20.9. The molecule has 0 saturated carbocycles. The van der Waals surface area contributed by atoms with Crippen molar-refractivity contribution in [3.63, 3.8) is 0 Å². The number of nitrogens with one attached hydrogen (secondary N) is 1. The summed E-state index contributed by atoms with van der Waals surface area (Å²) in [5.74, 6) is 2.08. The van der Waals surface area contributed by atoms with Crippen LogP contribution in [-0.2, 0) is 4.74 Å². The highest BCUT2D eigenvalue weighted by Gasteiger charge is 2.09. The van der Waals surface area contributed by atoms with Crippen LogP contribution in [-0.4, -0.2) is 48.1 Å². The second kappa shape index (κ2) is 9.23. The van der Waals surface area contributed by atoms with Crippen molar-refractivity contribution in [2.45, 2.75) is 0 Å². The van der Waals surface area contributed by atoms with E-state index < -0.39 is 0 Å². The predicted octanol–water partition coefficient (Wildman–Crippen LogP) is 1.96. The Labute approximate surface area is 120 Å². The van der Waals surface area contributed by atoms with E-state index in [1.54, 1.807) is 28.4 Å². The van der Waals surface area contributed by atoms with Crippen LogP contribution < -0.4 is 19.5 Å². The minimum Gasteiger partial charge on any atom is -0.496 e. The summed E-state index contributed by atoms with van der Waals surface area (Å²) in [7, 11) is 6.54. The smallest absolute Gasteiger partial charge is 0.164 e. The Morgan fingerprint density at radius 1 is 0.950 bits per heavy atom. The summed E-state index contributed by atoms with van der Waals surface area (Å²) in [6.07, 6.45) is 4.01. The molecular formula is C15H23NO4. The first-order valence-corrected chi connectivity index (χ1v) is 6.43. The number of hydrogen-bond acceptors (Lipinski definition) is 5. The van der Waals surface area contributed by atoms with E-state index in [1.807, 2.05) is 24.3 Å². The second-order valence-electron chi connectivity index (χ2n) is 4.05. The molecule has 0 fully saturated rings. The fourth-order valence-electron chi connectivity index (χ4n) is 1.73. The van der Waals surface area contributed by atoms with Crippen LogP contribution in [0.2, 0.25) is 0 Å². The molecule has 0 aliphatic carbocycles. The van der Waals surface area contributed by atoms with Gasteiger partial charge in [-0.05, 0) is 6.07 Å². The highest BCUT2D eigenvalue weighted by Crippen LogP contribution is 2.35. The highest BCUT2D eigenvalue weighted by atomic mass is 16.5. The van der Waals surface area contributed by atoms with Gasteiger partial charge in [0.2, 0.25) is 0 Å². The standard InChI is InChI=1S/C15H23NO4/c1-17-9-8-16-7-5-6-12-10-14(19-3)15(20-4)11-13(12)18-2/h5-6,10-11,16H,7-9H2,1-4H3. The fourth-order valence-corrected chi connectivity index (χ4v) is 1.73. The number of methoxy groups -OCH3 is 4. The van der Waals surface area contributed by atoms with Crippen LogP contribution in [0.1, 0.15) is 5.56 Å². The Balaban J connectivity index is 2.75. The third-order valence-electron chi connectivity index (χ3n) is 2.78. The van der Waals surface area contributed by atoms with Crippen LogP contribution in [0, 0.1) is 0 Å². The maximum atomic E-state index is 5.36. The van der Waals surface area contributed by atoms with Gasteiger partial charge in [-0.2, -0.15) is 0 Å². The molecule has 20 heavy (non-hydrogen) atoms. The zero-order chi connectivity index (χ0) is 14.8. The fraction of sp³-hybridized carbons (Fsp3) is 0.467. The number of ether oxygens (including phenoxy) is 4. The Kier molecular flexibility index (Phi) is 7.54. The molecule has 1 aromatic carbocycles. The first kappa shape index (κ1) is 16.3. The quantitative estimate of drug-likeness (QED) is 0.701. The molecule has 0 atom stereocenters. The van der Waals surface area contributed by atoms with Crippen LogP contribution in [0.3, 0.4) is 0 Å². The van der Waals surface area contributed by atoms with E-state index in [1.165, 1.54) is 0 Å². The van der Waals surface area contributed by atoms with Gasteiger partial charge in [0.05, 0.1) is 27.9 Å². The SMILES string of the molecule is COCCNCC=Cc1cc(OC)c(OC)cc1OC. The summed E-state index contributed by atoms with van der Waals surface area (Å²) in [6.45, 7) is 2.29. The van der Waals surface area contributed by atoms with Crippen LogP contribution in [0.15, 0.2) is 18.2 Å². The molecule has 1 N–H and O–H groups in total. The molecule has 1 rings (SSSR count). The van der Waals surface area contributed by atoms with Crippen molar-refractivity contribution in [2.24, 2.45) is 0 Å². The molecular weight excluding hydrogens is 258 g/mol. The average Bonchev–Trinajstić information content (AvgIpc) is 2.49. The third-order valence-corrected chi connectivity index (χ3v) is 2.78. The van der Waals surface area contributed by atoms with Gasteiger partial charge in [-0.3, -0.25) is 0 Å². The molecule has 1 aromatic rings. The van der Waals surface area contributed by atoms with Crippen molar-refractivity contribution >= 4 is 6.08 Å². The molecule has 0 radical (unpaired) electrons. The van der Waals surface area contributed by atoms with E-state index in [9.17, 15) is 0 Å². The van der Waals surface area contributed by atoms with Crippen molar-refractivity contribution < 1.29 is 18.9 Å². The average molecular weight is 281 g/mol. The molecule has 0 aliphatic rings. The molecule has 0 heterocycles. The maximum Gasteiger partial charge on any atom is 0.164 e. The Morgan fingerprint density at radius 3 is 2.20 bits per heavy atom. The van der Waals surface area contributed by atoms with E-state index in [0.717, 1.165) is 24.4 Å². The van der Waals surface area contributed by atoms with Gasteiger partial charge in [0, 0.05) is 31.8 Å². The van der Waals surface area contributed by atoms with Gasteiger partial charge in [-0.1, -0.05) is 12.2 Å². The van der Waals surface area contributed by atoms with Crippen LogP contribution in [0.25, 0.3) is 6.08 Å². The minimum atomic E-state index is 0.653. The molecule has 112 valence electrons. The van der Waals surface area contributed by atoms with Crippen LogP contribution in [0.4, 0.5) is 0 Å². The second-order valence-corrected chi connectivity index (χ2v) is 4.05. The molecule has 0 unspecified atom stereocenters. The van der Waals surface area contributed by atoms with Crippen molar-refractivity contribution in [3.8, 4) is 17.2 Å². The van der Waals surface area contributed by atoms with Crippen molar-refractivity contribution in [3.05, 3.63) is 23.8 Å². The van der Waals surface area contributed by atoms with Crippen molar-refractivity contribution in [2.75, 3.05) is 48.1 Å². The monoisotopic (exact) mass is 281 g/mol. The van der Waals surface area contributed by atoms with Gasteiger partial charge in [0.25, 0.3) is 0 Å². The molecule has 0 aliphatic heterocycles.